The summed E-state index contributed by atoms with van der Waals surface area (Å²) in [6.07, 6.45) is 3.49. The van der Waals surface area contributed by atoms with E-state index in [-0.39, 0.29) is 5.41 Å². The lowest BCUT2D eigenvalue weighted by Crippen LogP contribution is -2.23. The van der Waals surface area contributed by atoms with Gasteiger partial charge < -0.3 is 4.52 Å². The minimum absolute atomic E-state index is 0.160. The van der Waals surface area contributed by atoms with E-state index in [0.29, 0.717) is 8.81 Å². The van der Waals surface area contributed by atoms with Gasteiger partial charge in [0.25, 0.3) is 0 Å². The van der Waals surface area contributed by atoms with Crippen LogP contribution in [0.25, 0.3) is 0 Å². The third-order valence-electron chi connectivity index (χ3n) is 4.78. The smallest absolute Gasteiger partial charge is 0.119 e. The fourth-order valence-electron chi connectivity index (χ4n) is 3.49. The summed E-state index contributed by atoms with van der Waals surface area (Å²) in [6.45, 7) is 18.2. The summed E-state index contributed by atoms with van der Waals surface area (Å²) >= 11 is 0. The van der Waals surface area contributed by atoms with E-state index < -0.39 is 0 Å². The first-order chi connectivity index (χ1) is 9.21. The van der Waals surface area contributed by atoms with Crippen molar-refractivity contribution in [2.45, 2.75) is 54.4 Å². The van der Waals surface area contributed by atoms with Crippen LogP contribution >= 0.6 is 8.81 Å². The third kappa shape index (κ3) is 3.03. The molecular weight excluding hydrogens is 263 g/mol. The van der Waals surface area contributed by atoms with Gasteiger partial charge >= 0.3 is 0 Å². The zero-order chi connectivity index (χ0) is 15.1. The predicted octanol–water partition coefficient (Wildman–Crippen LogP) is 5.85. The molecule has 0 saturated carbocycles. The normalized spacial score (nSPS) is 31.8. The van der Waals surface area contributed by atoms with Gasteiger partial charge in [0.1, 0.15) is 5.76 Å². The van der Waals surface area contributed by atoms with Crippen LogP contribution in [-0.4, -0.2) is 6.16 Å². The number of rotatable bonds is 1. The Hall–Kier alpha value is -0.550. The minimum Gasteiger partial charge on any atom is -0.477 e. The van der Waals surface area contributed by atoms with E-state index in [9.17, 15) is 0 Å². The average Bonchev–Trinajstić information content (AvgIpc) is 2.71. The Bertz CT molecular complexity index is 476. The molecule has 1 saturated heterocycles. The Morgan fingerprint density at radius 2 is 1.80 bits per heavy atom. The molecule has 1 heterocycles. The van der Waals surface area contributed by atoms with Crippen LogP contribution < -0.4 is 0 Å². The molecule has 0 N–H and O–H groups in total. The summed E-state index contributed by atoms with van der Waals surface area (Å²) in [5, 5.41) is 0. The minimum atomic E-state index is 0.160. The highest BCUT2D eigenvalue weighted by Gasteiger charge is 2.33. The Kier molecular flexibility index (Phi) is 4.50. The molecule has 2 aliphatic rings. The Morgan fingerprint density at radius 3 is 2.30 bits per heavy atom. The van der Waals surface area contributed by atoms with Crippen LogP contribution in [-0.2, 0) is 4.52 Å². The van der Waals surface area contributed by atoms with Gasteiger partial charge in [-0.3, -0.25) is 0 Å². The average molecular weight is 292 g/mol. The summed E-state index contributed by atoms with van der Waals surface area (Å²) in [5.41, 5.74) is 6.23. The molecule has 0 bridgehead atoms. The molecule has 1 aliphatic heterocycles. The van der Waals surface area contributed by atoms with Gasteiger partial charge in [-0.25, -0.2) is 0 Å². The monoisotopic (exact) mass is 292 g/mol. The highest BCUT2D eigenvalue weighted by atomic mass is 31.1. The maximum absolute atomic E-state index is 5.67. The van der Waals surface area contributed by atoms with E-state index in [4.69, 9.17) is 4.52 Å². The van der Waals surface area contributed by atoms with Crippen molar-refractivity contribution < 1.29 is 4.52 Å². The largest absolute Gasteiger partial charge is 0.477 e. The zero-order valence-electron chi connectivity index (χ0n) is 13.9. The maximum atomic E-state index is 5.67. The van der Waals surface area contributed by atoms with Crippen molar-refractivity contribution in [1.82, 2.24) is 0 Å². The van der Waals surface area contributed by atoms with Crippen molar-refractivity contribution >= 4 is 8.81 Å². The Labute approximate surface area is 126 Å². The van der Waals surface area contributed by atoms with Crippen molar-refractivity contribution in [3.8, 4) is 0 Å². The van der Waals surface area contributed by atoms with E-state index in [1.54, 1.807) is 11.1 Å². The van der Waals surface area contributed by atoms with Crippen LogP contribution in [0.2, 0.25) is 0 Å². The molecule has 0 aromatic heterocycles. The van der Waals surface area contributed by atoms with Crippen molar-refractivity contribution in [3.63, 3.8) is 0 Å². The van der Waals surface area contributed by atoms with Crippen molar-refractivity contribution in [2.24, 2.45) is 17.3 Å². The Balaban J connectivity index is 2.54. The van der Waals surface area contributed by atoms with Crippen molar-refractivity contribution in [3.05, 3.63) is 34.6 Å². The van der Waals surface area contributed by atoms with E-state index in [0.717, 1.165) is 23.8 Å². The quantitative estimate of drug-likeness (QED) is 0.551. The summed E-state index contributed by atoms with van der Waals surface area (Å²) in [7, 11) is 0.556. The molecule has 0 aromatic carbocycles. The molecule has 0 spiro atoms. The molecule has 1 fully saturated rings. The second-order valence-corrected chi connectivity index (χ2v) is 8.42. The molecule has 1 aliphatic carbocycles. The predicted molar refractivity (Wildman–Crippen MR) is 90.2 cm³/mol. The lowest BCUT2D eigenvalue weighted by molar-refractivity contribution is 0.352. The van der Waals surface area contributed by atoms with Crippen molar-refractivity contribution in [1.29, 1.82) is 0 Å². The molecule has 3 atom stereocenters. The first-order valence-corrected chi connectivity index (χ1v) is 8.85. The summed E-state index contributed by atoms with van der Waals surface area (Å²) in [6, 6.07) is 0. The van der Waals surface area contributed by atoms with Crippen molar-refractivity contribution in [2.75, 3.05) is 6.16 Å². The maximum Gasteiger partial charge on any atom is 0.119 e. The van der Waals surface area contributed by atoms with Gasteiger partial charge in [-0.15, -0.1) is 0 Å². The van der Waals surface area contributed by atoms with Gasteiger partial charge in [-0.05, 0) is 48.2 Å². The van der Waals surface area contributed by atoms with Gasteiger partial charge in [-0.2, -0.15) is 0 Å². The van der Waals surface area contributed by atoms with E-state index in [1.165, 1.54) is 24.0 Å². The molecule has 0 radical (unpaired) electrons. The van der Waals surface area contributed by atoms with Gasteiger partial charge in [-0.1, -0.05) is 46.8 Å². The molecule has 3 unspecified atom stereocenters. The van der Waals surface area contributed by atoms with Crippen LogP contribution in [0.5, 0.6) is 0 Å². The number of hydrogen-bond donors (Lipinski definition) is 0. The van der Waals surface area contributed by atoms with Gasteiger partial charge in [0, 0.05) is 11.7 Å². The molecule has 2 heteroatoms. The standard InChI is InChI=1S/C18H29OP/c1-11-8-13(3)15(9-12(11)2)17(18(5,6)7)16-10-20-19-14(16)4/h11-12,20H,4,8-10H2,1-3,5-7H3/b17-16+. The van der Waals surface area contributed by atoms with Crippen LogP contribution in [0.4, 0.5) is 0 Å². The number of allylic oxidation sites excluding steroid dienone is 4. The van der Waals surface area contributed by atoms with Crippen LogP contribution in [0.1, 0.15) is 54.4 Å². The van der Waals surface area contributed by atoms with Gasteiger partial charge in [0.2, 0.25) is 0 Å². The molecule has 0 aromatic rings. The molecule has 20 heavy (non-hydrogen) atoms. The molecular formula is C18H29OP. The summed E-state index contributed by atoms with van der Waals surface area (Å²) in [4.78, 5) is 0. The Morgan fingerprint density at radius 1 is 1.20 bits per heavy atom. The second kappa shape index (κ2) is 5.68. The fraction of sp³-hybridized carbons (Fsp3) is 0.667. The number of hydrogen-bond acceptors (Lipinski definition) is 1. The highest BCUT2D eigenvalue weighted by molar-refractivity contribution is 7.33. The van der Waals surface area contributed by atoms with Gasteiger partial charge in [0.05, 0.1) is 8.81 Å². The lowest BCUT2D eigenvalue weighted by atomic mass is 9.69. The molecule has 0 amide bonds. The van der Waals surface area contributed by atoms with Crippen LogP contribution in [0, 0.1) is 17.3 Å². The fourth-order valence-corrected chi connectivity index (χ4v) is 4.38. The first-order valence-electron chi connectivity index (χ1n) is 7.73. The topological polar surface area (TPSA) is 9.23 Å². The van der Waals surface area contributed by atoms with E-state index in [1.807, 2.05) is 0 Å². The molecule has 112 valence electrons. The summed E-state index contributed by atoms with van der Waals surface area (Å²) in [5.74, 6) is 2.49. The SMILES string of the molecule is C=C1OPC/C1=C(/C1=C(C)CC(C)C(C)C1)C(C)(C)C. The molecule has 1 nitrogen and oxygen atoms in total. The van der Waals surface area contributed by atoms with Crippen LogP contribution in [0.3, 0.4) is 0 Å². The van der Waals surface area contributed by atoms with Crippen LogP contribution in [0.15, 0.2) is 34.6 Å². The lowest BCUT2D eigenvalue weighted by Gasteiger charge is -2.36. The zero-order valence-corrected chi connectivity index (χ0v) is 14.9. The summed E-state index contributed by atoms with van der Waals surface area (Å²) < 4.78 is 5.67. The van der Waals surface area contributed by atoms with E-state index >= 15 is 0 Å². The second-order valence-electron chi connectivity index (χ2n) is 7.57. The third-order valence-corrected chi connectivity index (χ3v) is 5.66. The highest BCUT2D eigenvalue weighted by Crippen LogP contribution is 2.48. The molecule has 2 rings (SSSR count). The van der Waals surface area contributed by atoms with Gasteiger partial charge in [0.15, 0.2) is 0 Å². The first kappa shape index (κ1) is 15.8. The van der Waals surface area contributed by atoms with E-state index in [2.05, 4.69) is 48.1 Å².